The third kappa shape index (κ3) is 9.64. The number of alkyl carbamates (subject to hydrolysis) is 1. The van der Waals surface area contributed by atoms with Crippen LogP contribution in [0.1, 0.15) is 39.2 Å². The molecule has 180 valence electrons. The lowest BCUT2D eigenvalue weighted by atomic mass is 9.96. The van der Waals surface area contributed by atoms with Crippen LogP contribution in [-0.4, -0.2) is 39.9 Å². The number of ether oxygens (including phenoxy) is 1. The van der Waals surface area contributed by atoms with Crippen LogP contribution in [0.2, 0.25) is 0 Å². The van der Waals surface area contributed by atoms with Crippen LogP contribution in [-0.2, 0) is 14.3 Å². The van der Waals surface area contributed by atoms with Crippen molar-refractivity contribution in [2.45, 2.75) is 45.3 Å². The number of allylic oxidation sites excluding steroid dienone is 1. The average Bonchev–Trinajstić information content (AvgIpc) is 2.76. The van der Waals surface area contributed by atoms with E-state index in [-0.39, 0.29) is 12.8 Å². The van der Waals surface area contributed by atoms with Gasteiger partial charge in [-0.25, -0.2) is 9.59 Å². The Morgan fingerprint density at radius 1 is 0.941 bits per heavy atom. The largest absolute Gasteiger partial charge is 0.481 e. The highest BCUT2D eigenvalue weighted by Crippen LogP contribution is 2.20. The molecule has 0 aromatic heterocycles. The molecule has 0 aliphatic heterocycles. The quantitative estimate of drug-likeness (QED) is 0.390. The van der Waals surface area contributed by atoms with Gasteiger partial charge in [0.1, 0.15) is 11.6 Å². The van der Waals surface area contributed by atoms with Crippen molar-refractivity contribution in [1.82, 2.24) is 5.32 Å². The van der Waals surface area contributed by atoms with Gasteiger partial charge in [-0.15, -0.1) is 0 Å². The van der Waals surface area contributed by atoms with Crippen molar-refractivity contribution in [2.24, 2.45) is 16.1 Å². The Labute approximate surface area is 198 Å². The van der Waals surface area contributed by atoms with Gasteiger partial charge in [0.15, 0.2) is 0 Å². The topological polar surface area (TPSA) is 138 Å². The maximum Gasteiger partial charge on any atom is 0.408 e. The first-order valence-corrected chi connectivity index (χ1v) is 10.7. The summed E-state index contributed by atoms with van der Waals surface area (Å²) in [4.78, 5) is 35.1. The number of carboxylic acids is 2. The first kappa shape index (κ1) is 26.2. The lowest BCUT2D eigenvalue weighted by Crippen LogP contribution is -2.45. The maximum atomic E-state index is 11.9. The molecule has 2 aromatic rings. The number of nitrogens with one attached hydrogen (secondary N) is 1. The molecule has 9 heteroatoms. The Kier molecular flexibility index (Phi) is 9.49. The fourth-order valence-electron chi connectivity index (χ4n) is 2.88. The lowest BCUT2D eigenvalue weighted by Gasteiger charge is -2.23. The van der Waals surface area contributed by atoms with E-state index in [2.05, 4.69) is 15.5 Å². The highest BCUT2D eigenvalue weighted by atomic mass is 16.6. The van der Waals surface area contributed by atoms with Gasteiger partial charge >= 0.3 is 18.0 Å². The minimum atomic E-state index is -1.39. The van der Waals surface area contributed by atoms with Crippen molar-refractivity contribution in [3.8, 4) is 0 Å². The SMILES string of the molecule is CC(C)(C)OC(=O)N[C@H](CC(C/C=C/c1ccc(N=Nc2ccccc2)cc1)C(=O)O)C(=O)O. The van der Waals surface area contributed by atoms with Gasteiger partial charge in [-0.05, 0) is 63.4 Å². The monoisotopic (exact) mass is 467 g/mol. The zero-order chi connectivity index (χ0) is 25.1. The zero-order valence-corrected chi connectivity index (χ0v) is 19.3. The van der Waals surface area contributed by atoms with Crippen molar-refractivity contribution in [1.29, 1.82) is 0 Å². The van der Waals surface area contributed by atoms with Crippen LogP contribution in [0.3, 0.4) is 0 Å². The molecule has 1 unspecified atom stereocenters. The standard InChI is InChI=1S/C25H29N3O6/c1-25(2,3)34-24(33)26-21(23(31)32)16-18(22(29)30)9-7-8-17-12-14-20(15-13-17)28-27-19-10-5-4-6-11-19/h4-8,10-15,18,21H,9,16H2,1-3H3,(H,26,33)(H,29,30)(H,31,32)/b8-7+,28-27?/t18?,21-/m1/s1. The van der Waals surface area contributed by atoms with Crippen LogP contribution in [0.25, 0.3) is 6.08 Å². The third-order valence-corrected chi connectivity index (χ3v) is 4.52. The molecule has 0 radical (unpaired) electrons. The summed E-state index contributed by atoms with van der Waals surface area (Å²) in [5, 5.41) is 29.5. The highest BCUT2D eigenvalue weighted by Gasteiger charge is 2.29. The van der Waals surface area contributed by atoms with E-state index in [0.717, 1.165) is 11.3 Å². The van der Waals surface area contributed by atoms with E-state index in [4.69, 9.17) is 4.74 Å². The van der Waals surface area contributed by atoms with Gasteiger partial charge in [0.2, 0.25) is 0 Å². The first-order chi connectivity index (χ1) is 16.0. The number of hydrogen-bond donors (Lipinski definition) is 3. The Morgan fingerprint density at radius 3 is 2.06 bits per heavy atom. The molecule has 2 atom stereocenters. The number of azo groups is 1. The van der Waals surface area contributed by atoms with Crippen LogP contribution < -0.4 is 5.32 Å². The van der Waals surface area contributed by atoms with Crippen molar-refractivity contribution in [3.63, 3.8) is 0 Å². The van der Waals surface area contributed by atoms with E-state index in [1.807, 2.05) is 42.5 Å². The molecule has 3 N–H and O–H groups in total. The molecule has 2 rings (SSSR count). The van der Waals surface area contributed by atoms with Crippen LogP contribution in [0, 0.1) is 5.92 Å². The van der Waals surface area contributed by atoms with Crippen molar-refractivity contribution in [3.05, 3.63) is 66.2 Å². The Bertz CT molecular complexity index is 1030. The number of hydrogen-bond acceptors (Lipinski definition) is 6. The number of rotatable bonds is 10. The Balaban J connectivity index is 1.96. The predicted octanol–water partition coefficient (Wildman–Crippen LogP) is 5.57. The molecule has 2 aromatic carbocycles. The zero-order valence-electron chi connectivity index (χ0n) is 19.3. The second-order valence-electron chi connectivity index (χ2n) is 8.57. The molecule has 0 spiro atoms. The fraction of sp³-hybridized carbons (Fsp3) is 0.320. The van der Waals surface area contributed by atoms with Gasteiger partial charge in [0.05, 0.1) is 17.3 Å². The molecule has 0 aliphatic rings. The molecular formula is C25H29N3O6. The van der Waals surface area contributed by atoms with Gasteiger partial charge in [-0.2, -0.15) is 10.2 Å². The third-order valence-electron chi connectivity index (χ3n) is 4.52. The summed E-state index contributed by atoms with van der Waals surface area (Å²) in [6.07, 6.45) is 2.29. The van der Waals surface area contributed by atoms with E-state index in [9.17, 15) is 24.6 Å². The Hall–Kier alpha value is -4.01. The highest BCUT2D eigenvalue weighted by molar-refractivity contribution is 5.81. The maximum absolute atomic E-state index is 11.9. The van der Waals surface area contributed by atoms with Crippen molar-refractivity contribution >= 4 is 35.5 Å². The van der Waals surface area contributed by atoms with Crippen LogP contribution >= 0.6 is 0 Å². The van der Waals surface area contributed by atoms with E-state index in [1.54, 1.807) is 45.1 Å². The van der Waals surface area contributed by atoms with Gasteiger partial charge in [-0.1, -0.05) is 42.5 Å². The van der Waals surface area contributed by atoms with Gasteiger partial charge in [-0.3, -0.25) is 4.79 Å². The molecule has 0 heterocycles. The molecular weight excluding hydrogens is 438 g/mol. The minimum absolute atomic E-state index is 0.0879. The number of nitrogens with zero attached hydrogens (tertiary/aromatic N) is 2. The lowest BCUT2D eigenvalue weighted by molar-refractivity contribution is -0.144. The van der Waals surface area contributed by atoms with Gasteiger partial charge in [0.25, 0.3) is 0 Å². The van der Waals surface area contributed by atoms with Crippen molar-refractivity contribution < 1.29 is 29.3 Å². The number of amides is 1. The van der Waals surface area contributed by atoms with Gasteiger partial charge in [0, 0.05) is 0 Å². The van der Waals surface area contributed by atoms with Crippen LogP contribution in [0.15, 0.2) is 70.9 Å². The van der Waals surface area contributed by atoms with E-state index >= 15 is 0 Å². The first-order valence-electron chi connectivity index (χ1n) is 10.7. The Morgan fingerprint density at radius 2 is 1.53 bits per heavy atom. The molecule has 0 saturated heterocycles. The van der Waals surface area contributed by atoms with Crippen LogP contribution in [0.5, 0.6) is 0 Å². The van der Waals surface area contributed by atoms with Gasteiger partial charge < -0.3 is 20.3 Å². The number of benzene rings is 2. The van der Waals surface area contributed by atoms with Crippen molar-refractivity contribution in [2.75, 3.05) is 0 Å². The normalized spacial score (nSPS) is 13.5. The average molecular weight is 468 g/mol. The van der Waals surface area contributed by atoms with E-state index in [1.165, 1.54) is 0 Å². The summed E-state index contributed by atoms with van der Waals surface area (Å²) in [6, 6.07) is 15.1. The summed E-state index contributed by atoms with van der Waals surface area (Å²) in [6.45, 7) is 4.93. The summed E-state index contributed by atoms with van der Waals surface area (Å²) >= 11 is 0. The van der Waals surface area contributed by atoms with E-state index < -0.39 is 35.6 Å². The minimum Gasteiger partial charge on any atom is -0.481 e. The molecule has 0 fully saturated rings. The molecule has 0 saturated carbocycles. The number of carbonyl (C=O) groups is 3. The molecule has 0 bridgehead atoms. The summed E-state index contributed by atoms with van der Waals surface area (Å²) in [5.74, 6) is -3.49. The van der Waals surface area contributed by atoms with E-state index in [0.29, 0.717) is 5.69 Å². The number of carboxylic acid groups (broad SMARTS) is 2. The fourth-order valence-corrected chi connectivity index (χ4v) is 2.88. The predicted molar refractivity (Wildman–Crippen MR) is 127 cm³/mol. The second kappa shape index (κ2) is 12.3. The summed E-state index contributed by atoms with van der Waals surface area (Å²) in [7, 11) is 0. The molecule has 1 amide bonds. The van der Waals surface area contributed by atoms with Crippen LogP contribution in [0.4, 0.5) is 16.2 Å². The second-order valence-corrected chi connectivity index (χ2v) is 8.57. The molecule has 9 nitrogen and oxygen atoms in total. The molecule has 0 aliphatic carbocycles. The smallest absolute Gasteiger partial charge is 0.408 e. The molecule has 34 heavy (non-hydrogen) atoms. The number of aliphatic carboxylic acids is 2. The number of carbonyl (C=O) groups excluding carboxylic acids is 1. The summed E-state index contributed by atoms with van der Waals surface area (Å²) < 4.78 is 5.06. The summed E-state index contributed by atoms with van der Waals surface area (Å²) in [5.41, 5.74) is 1.43.